The van der Waals surface area contributed by atoms with E-state index in [1.807, 2.05) is 36.0 Å². The van der Waals surface area contributed by atoms with Gasteiger partial charge in [0.05, 0.1) is 11.1 Å². The summed E-state index contributed by atoms with van der Waals surface area (Å²) in [5.41, 5.74) is 7.14. The molecule has 0 bridgehead atoms. The van der Waals surface area contributed by atoms with Crippen molar-refractivity contribution in [2.45, 2.75) is 30.6 Å². The van der Waals surface area contributed by atoms with Crippen molar-refractivity contribution in [3.8, 4) is 0 Å². The number of hydrogen-bond donors (Lipinski definition) is 1. The smallest absolute Gasteiger partial charge is 0.152 e. The van der Waals surface area contributed by atoms with Crippen LogP contribution in [-0.2, 0) is 0 Å². The maximum Gasteiger partial charge on any atom is 0.152 e. The van der Waals surface area contributed by atoms with E-state index in [1.165, 1.54) is 12.2 Å². The van der Waals surface area contributed by atoms with Crippen molar-refractivity contribution < 1.29 is 4.42 Å². The largest absolute Gasteiger partial charge is 0.458 e. The first kappa shape index (κ1) is 12.4. The van der Waals surface area contributed by atoms with Crippen LogP contribution in [0.25, 0.3) is 11.0 Å². The molecule has 96 valence electrons. The van der Waals surface area contributed by atoms with E-state index in [0.717, 1.165) is 23.2 Å². The summed E-state index contributed by atoms with van der Waals surface area (Å²) in [5.74, 6) is 2.03. The van der Waals surface area contributed by atoms with Crippen molar-refractivity contribution in [1.82, 2.24) is 0 Å². The van der Waals surface area contributed by atoms with Crippen LogP contribution < -0.4 is 5.73 Å². The molecule has 1 aromatic carbocycles. The monoisotopic (exact) mass is 281 g/mol. The second-order valence-corrected chi connectivity index (χ2v) is 7.09. The van der Waals surface area contributed by atoms with Gasteiger partial charge < -0.3 is 10.2 Å². The van der Waals surface area contributed by atoms with Crippen molar-refractivity contribution in [1.29, 1.82) is 0 Å². The predicted octanol–water partition coefficient (Wildman–Crippen LogP) is 4.37. The standard InChI is InChI=1S/C14H16ClNOS/c1-14(6-3-7-18-14)13(16)11-8-9-4-2-5-10(15)12(9)17-11/h2,4-5,8,13H,3,6-7,16H2,1H3. The minimum Gasteiger partial charge on any atom is -0.458 e. The maximum absolute atomic E-state index is 6.39. The van der Waals surface area contributed by atoms with Gasteiger partial charge >= 0.3 is 0 Å². The van der Waals surface area contributed by atoms with Gasteiger partial charge in [-0.3, -0.25) is 0 Å². The summed E-state index contributed by atoms with van der Waals surface area (Å²) < 4.78 is 5.95. The highest BCUT2D eigenvalue weighted by molar-refractivity contribution is 8.00. The summed E-state index contributed by atoms with van der Waals surface area (Å²) in [6.07, 6.45) is 2.37. The fourth-order valence-corrected chi connectivity index (χ4v) is 4.11. The molecule has 2 atom stereocenters. The number of thioether (sulfide) groups is 1. The Morgan fingerprint density at radius 3 is 3.00 bits per heavy atom. The van der Waals surface area contributed by atoms with Crippen molar-refractivity contribution in [3.05, 3.63) is 35.0 Å². The van der Waals surface area contributed by atoms with Gasteiger partial charge in [0.1, 0.15) is 5.76 Å². The van der Waals surface area contributed by atoms with Gasteiger partial charge in [-0.15, -0.1) is 0 Å². The van der Waals surface area contributed by atoms with Gasteiger partial charge in [0.15, 0.2) is 5.58 Å². The van der Waals surface area contributed by atoms with Crippen LogP contribution in [0.5, 0.6) is 0 Å². The van der Waals surface area contributed by atoms with Gasteiger partial charge in [-0.25, -0.2) is 0 Å². The third kappa shape index (κ3) is 1.94. The molecule has 0 amide bonds. The number of hydrogen-bond acceptors (Lipinski definition) is 3. The molecule has 1 fully saturated rings. The Morgan fingerprint density at radius 2 is 2.33 bits per heavy atom. The Morgan fingerprint density at radius 1 is 1.50 bits per heavy atom. The van der Waals surface area contributed by atoms with Crippen LogP contribution >= 0.6 is 23.4 Å². The molecule has 4 heteroatoms. The van der Waals surface area contributed by atoms with E-state index in [1.54, 1.807) is 0 Å². The number of nitrogens with two attached hydrogens (primary N) is 1. The molecule has 2 heterocycles. The van der Waals surface area contributed by atoms with E-state index in [9.17, 15) is 0 Å². The summed E-state index contributed by atoms with van der Waals surface area (Å²) >= 11 is 8.07. The number of para-hydroxylation sites is 1. The fourth-order valence-electron chi connectivity index (χ4n) is 2.55. The third-order valence-electron chi connectivity index (χ3n) is 3.73. The predicted molar refractivity (Wildman–Crippen MR) is 78.2 cm³/mol. The molecule has 3 rings (SSSR count). The molecule has 2 unspecified atom stereocenters. The van der Waals surface area contributed by atoms with Crippen molar-refractivity contribution >= 4 is 34.3 Å². The highest BCUT2D eigenvalue weighted by atomic mass is 35.5. The van der Waals surface area contributed by atoms with Gasteiger partial charge in [0, 0.05) is 10.1 Å². The van der Waals surface area contributed by atoms with E-state index < -0.39 is 0 Å². The Balaban J connectivity index is 2.01. The Hall–Kier alpha value is -0.640. The van der Waals surface area contributed by atoms with Crippen LogP contribution in [0.4, 0.5) is 0 Å². The first-order valence-corrected chi connectivity index (χ1v) is 7.54. The average molecular weight is 282 g/mol. The minimum atomic E-state index is -0.0755. The maximum atomic E-state index is 6.39. The van der Waals surface area contributed by atoms with Crippen LogP contribution in [0.15, 0.2) is 28.7 Å². The van der Waals surface area contributed by atoms with E-state index in [0.29, 0.717) is 5.02 Å². The molecule has 0 spiro atoms. The minimum absolute atomic E-state index is 0.0755. The molecule has 2 N–H and O–H groups in total. The summed E-state index contributed by atoms with van der Waals surface area (Å²) in [5, 5.41) is 1.68. The number of furan rings is 1. The van der Waals surface area contributed by atoms with E-state index in [4.69, 9.17) is 21.8 Å². The third-order valence-corrected chi connectivity index (χ3v) is 5.64. The molecular formula is C14H16ClNOS. The molecule has 1 aliphatic rings. The Kier molecular flexibility index (Phi) is 3.08. The van der Waals surface area contributed by atoms with Gasteiger partial charge in [0.25, 0.3) is 0 Å². The second kappa shape index (κ2) is 4.48. The topological polar surface area (TPSA) is 39.2 Å². The normalized spacial score (nSPS) is 25.7. The lowest BCUT2D eigenvalue weighted by molar-refractivity contribution is 0.418. The zero-order chi connectivity index (χ0) is 12.8. The zero-order valence-electron chi connectivity index (χ0n) is 10.3. The van der Waals surface area contributed by atoms with Gasteiger partial charge in [-0.05, 0) is 37.7 Å². The first-order valence-electron chi connectivity index (χ1n) is 6.18. The van der Waals surface area contributed by atoms with Gasteiger partial charge in [-0.1, -0.05) is 23.7 Å². The van der Waals surface area contributed by atoms with E-state index in [-0.39, 0.29) is 10.8 Å². The van der Waals surface area contributed by atoms with Gasteiger partial charge in [0.2, 0.25) is 0 Å². The number of fused-ring (bicyclic) bond motifs is 1. The summed E-state index contributed by atoms with van der Waals surface area (Å²) in [6.45, 7) is 2.23. The Bertz CT molecular complexity index is 574. The summed E-state index contributed by atoms with van der Waals surface area (Å²) in [6, 6.07) is 7.73. The van der Waals surface area contributed by atoms with Crippen LogP contribution in [-0.4, -0.2) is 10.5 Å². The van der Waals surface area contributed by atoms with Crippen LogP contribution in [0.1, 0.15) is 31.6 Å². The fraction of sp³-hybridized carbons (Fsp3) is 0.429. The molecule has 0 saturated carbocycles. The van der Waals surface area contributed by atoms with Crippen molar-refractivity contribution in [2.24, 2.45) is 5.73 Å². The highest BCUT2D eigenvalue weighted by Gasteiger charge is 2.38. The first-order chi connectivity index (χ1) is 8.60. The van der Waals surface area contributed by atoms with E-state index >= 15 is 0 Å². The summed E-state index contributed by atoms with van der Waals surface area (Å²) in [7, 11) is 0. The molecule has 2 aromatic rings. The molecule has 0 aliphatic carbocycles. The quantitative estimate of drug-likeness (QED) is 0.888. The summed E-state index contributed by atoms with van der Waals surface area (Å²) in [4.78, 5) is 0. The molecule has 0 radical (unpaired) electrons. The number of benzene rings is 1. The number of halogens is 1. The highest BCUT2D eigenvalue weighted by Crippen LogP contribution is 2.46. The van der Waals surface area contributed by atoms with Crippen molar-refractivity contribution in [2.75, 3.05) is 5.75 Å². The molecular weight excluding hydrogens is 266 g/mol. The van der Waals surface area contributed by atoms with E-state index in [2.05, 4.69) is 6.92 Å². The zero-order valence-corrected chi connectivity index (χ0v) is 11.9. The van der Waals surface area contributed by atoms with Crippen molar-refractivity contribution in [3.63, 3.8) is 0 Å². The lowest BCUT2D eigenvalue weighted by Gasteiger charge is -2.28. The van der Waals surface area contributed by atoms with Gasteiger partial charge in [-0.2, -0.15) is 11.8 Å². The molecule has 2 nitrogen and oxygen atoms in total. The molecule has 1 aromatic heterocycles. The van der Waals surface area contributed by atoms with Crippen LogP contribution in [0, 0.1) is 0 Å². The molecule has 1 saturated heterocycles. The molecule has 1 aliphatic heterocycles. The SMILES string of the molecule is CC1(C(N)c2cc3cccc(Cl)c3o2)CCCS1. The average Bonchev–Trinajstić information content (AvgIpc) is 2.96. The molecule has 18 heavy (non-hydrogen) atoms. The van der Waals surface area contributed by atoms with Crippen LogP contribution in [0.3, 0.4) is 0 Å². The second-order valence-electron chi connectivity index (χ2n) is 5.05. The lowest BCUT2D eigenvalue weighted by Crippen LogP contribution is -2.32. The number of rotatable bonds is 2. The Labute approximate surface area is 116 Å². The lowest BCUT2D eigenvalue weighted by atomic mass is 9.95. The van der Waals surface area contributed by atoms with Crippen LogP contribution in [0.2, 0.25) is 5.02 Å².